The SMILES string of the molecule is CC(=O)N1CCN(Cc2cc(C(C)(C)C)c(O)c(C(C)(C)C)c2)CC1. The van der Waals surface area contributed by atoms with Crippen molar-refractivity contribution in [1.82, 2.24) is 9.80 Å². The number of aromatic hydroxyl groups is 1. The number of carbonyl (C=O) groups excluding carboxylic acids is 1. The molecule has 4 heteroatoms. The lowest BCUT2D eigenvalue weighted by Crippen LogP contribution is -2.47. The van der Waals surface area contributed by atoms with Crippen molar-refractivity contribution in [2.24, 2.45) is 0 Å². The van der Waals surface area contributed by atoms with Crippen molar-refractivity contribution in [3.63, 3.8) is 0 Å². The van der Waals surface area contributed by atoms with Gasteiger partial charge in [-0.25, -0.2) is 0 Å². The van der Waals surface area contributed by atoms with E-state index in [9.17, 15) is 9.90 Å². The summed E-state index contributed by atoms with van der Waals surface area (Å²) in [6, 6.07) is 4.31. The standard InChI is InChI=1S/C21H34N2O2/c1-15(24)23-10-8-22(9-11-23)14-16-12-17(20(2,3)4)19(25)18(13-16)21(5,6)7/h12-13,25H,8-11,14H2,1-7H3. The van der Waals surface area contributed by atoms with Gasteiger partial charge in [-0.1, -0.05) is 53.7 Å². The van der Waals surface area contributed by atoms with Gasteiger partial charge in [-0.2, -0.15) is 0 Å². The molecule has 0 spiro atoms. The lowest BCUT2D eigenvalue weighted by atomic mass is 9.78. The lowest BCUT2D eigenvalue weighted by molar-refractivity contribution is -0.130. The number of piperazine rings is 1. The molecule has 0 atom stereocenters. The largest absolute Gasteiger partial charge is 0.507 e. The first-order valence-corrected chi connectivity index (χ1v) is 9.24. The van der Waals surface area contributed by atoms with Crippen molar-refractivity contribution in [1.29, 1.82) is 0 Å². The number of rotatable bonds is 2. The summed E-state index contributed by atoms with van der Waals surface area (Å²) < 4.78 is 0. The molecular weight excluding hydrogens is 312 g/mol. The van der Waals surface area contributed by atoms with Crippen LogP contribution in [-0.2, 0) is 22.2 Å². The molecule has 25 heavy (non-hydrogen) atoms. The number of nitrogens with zero attached hydrogens (tertiary/aromatic N) is 2. The fraction of sp³-hybridized carbons (Fsp3) is 0.667. The summed E-state index contributed by atoms with van der Waals surface area (Å²) in [5.41, 5.74) is 3.06. The van der Waals surface area contributed by atoms with Gasteiger partial charge >= 0.3 is 0 Å². The number of benzene rings is 1. The minimum absolute atomic E-state index is 0.104. The highest BCUT2D eigenvalue weighted by molar-refractivity contribution is 5.73. The summed E-state index contributed by atoms with van der Waals surface area (Å²) >= 11 is 0. The molecule has 1 aliphatic rings. The third-order valence-electron chi connectivity index (χ3n) is 5.01. The van der Waals surface area contributed by atoms with Gasteiger partial charge < -0.3 is 10.0 Å². The topological polar surface area (TPSA) is 43.8 Å². The summed E-state index contributed by atoms with van der Waals surface area (Å²) in [7, 11) is 0. The second-order valence-electron chi connectivity index (χ2n) is 9.32. The Morgan fingerprint density at radius 3 is 1.76 bits per heavy atom. The van der Waals surface area contributed by atoms with Crippen LogP contribution in [0.1, 0.15) is 65.2 Å². The van der Waals surface area contributed by atoms with Crippen molar-refractivity contribution in [2.45, 2.75) is 65.8 Å². The normalized spacial score (nSPS) is 17.0. The predicted octanol–water partition coefficient (Wildman–Crippen LogP) is 3.65. The van der Waals surface area contributed by atoms with E-state index < -0.39 is 0 Å². The monoisotopic (exact) mass is 346 g/mol. The molecule has 1 aliphatic heterocycles. The molecule has 1 amide bonds. The molecule has 0 saturated carbocycles. The van der Waals surface area contributed by atoms with Gasteiger partial charge in [-0.3, -0.25) is 9.69 Å². The zero-order chi connectivity index (χ0) is 19.0. The van der Waals surface area contributed by atoms with Crippen molar-refractivity contribution < 1.29 is 9.90 Å². The molecule has 1 saturated heterocycles. The Morgan fingerprint density at radius 2 is 1.40 bits per heavy atom. The molecule has 0 aromatic heterocycles. The van der Waals surface area contributed by atoms with Crippen molar-refractivity contribution in [2.75, 3.05) is 26.2 Å². The van der Waals surface area contributed by atoms with Gasteiger partial charge in [-0.05, 0) is 27.5 Å². The zero-order valence-electron chi connectivity index (χ0n) is 16.9. The third-order valence-corrected chi connectivity index (χ3v) is 5.01. The van der Waals surface area contributed by atoms with Crippen LogP contribution in [0.5, 0.6) is 5.75 Å². The number of carbonyl (C=O) groups is 1. The maximum atomic E-state index is 11.5. The predicted molar refractivity (Wildman–Crippen MR) is 103 cm³/mol. The second-order valence-corrected chi connectivity index (χ2v) is 9.32. The molecule has 1 fully saturated rings. The van der Waals surface area contributed by atoms with Crippen LogP contribution < -0.4 is 0 Å². The van der Waals surface area contributed by atoms with Crippen molar-refractivity contribution >= 4 is 5.91 Å². The van der Waals surface area contributed by atoms with Gasteiger partial charge in [0.2, 0.25) is 5.91 Å². The van der Waals surface area contributed by atoms with Gasteiger partial charge in [0.15, 0.2) is 0 Å². The van der Waals surface area contributed by atoms with E-state index in [1.165, 1.54) is 5.56 Å². The molecule has 0 aliphatic carbocycles. The first-order valence-electron chi connectivity index (χ1n) is 9.24. The molecule has 1 N–H and O–H groups in total. The van der Waals surface area contributed by atoms with E-state index in [2.05, 4.69) is 58.6 Å². The lowest BCUT2D eigenvalue weighted by Gasteiger charge is -2.35. The molecule has 1 heterocycles. The minimum Gasteiger partial charge on any atom is -0.507 e. The molecule has 1 aromatic rings. The first-order chi connectivity index (χ1) is 11.4. The Bertz CT molecular complexity index is 595. The quantitative estimate of drug-likeness (QED) is 0.889. The Morgan fingerprint density at radius 1 is 0.960 bits per heavy atom. The number of phenolic OH excluding ortho intramolecular Hbond substituents is 1. The molecule has 140 valence electrons. The summed E-state index contributed by atoms with van der Waals surface area (Å²) in [6.45, 7) is 18.7. The van der Waals surface area contributed by atoms with Crippen LogP contribution >= 0.6 is 0 Å². The summed E-state index contributed by atoms with van der Waals surface area (Å²) in [4.78, 5) is 15.8. The highest BCUT2D eigenvalue weighted by Crippen LogP contribution is 2.40. The molecule has 2 rings (SSSR count). The van der Waals surface area contributed by atoms with Gasteiger partial charge in [0.05, 0.1) is 0 Å². The average molecular weight is 347 g/mol. The van der Waals surface area contributed by atoms with Crippen molar-refractivity contribution in [3.8, 4) is 5.75 Å². The van der Waals surface area contributed by atoms with E-state index in [0.29, 0.717) is 5.75 Å². The van der Waals surface area contributed by atoms with Gasteiger partial charge in [0.1, 0.15) is 5.75 Å². The maximum absolute atomic E-state index is 11.5. The number of hydrogen-bond donors (Lipinski definition) is 1. The van der Waals surface area contributed by atoms with Crippen molar-refractivity contribution in [3.05, 3.63) is 28.8 Å². The second kappa shape index (κ2) is 6.99. The van der Waals surface area contributed by atoms with Crippen LogP contribution in [0.4, 0.5) is 0 Å². The highest BCUT2D eigenvalue weighted by Gasteiger charge is 2.27. The van der Waals surface area contributed by atoms with E-state index in [1.54, 1.807) is 6.92 Å². The Hall–Kier alpha value is -1.55. The summed E-state index contributed by atoms with van der Waals surface area (Å²) in [5, 5.41) is 10.8. The fourth-order valence-corrected chi connectivity index (χ4v) is 3.41. The van der Waals surface area contributed by atoms with Crippen LogP contribution in [0.15, 0.2) is 12.1 Å². The molecular formula is C21H34N2O2. The number of hydrogen-bond acceptors (Lipinski definition) is 3. The van der Waals surface area contributed by atoms with E-state index in [1.807, 2.05) is 4.90 Å². The summed E-state index contributed by atoms with van der Waals surface area (Å²) in [6.07, 6.45) is 0. The van der Waals surface area contributed by atoms with E-state index in [0.717, 1.165) is 43.9 Å². The Labute approximate surface area is 152 Å². The van der Waals surface area contributed by atoms with Crippen LogP contribution in [0.2, 0.25) is 0 Å². The smallest absolute Gasteiger partial charge is 0.219 e. The highest BCUT2D eigenvalue weighted by atomic mass is 16.3. The van der Waals surface area contributed by atoms with Gasteiger partial charge in [0.25, 0.3) is 0 Å². The molecule has 0 unspecified atom stereocenters. The first kappa shape index (κ1) is 19.8. The summed E-state index contributed by atoms with van der Waals surface area (Å²) in [5.74, 6) is 0.597. The van der Waals surface area contributed by atoms with Crippen LogP contribution in [0, 0.1) is 0 Å². The van der Waals surface area contributed by atoms with E-state index in [-0.39, 0.29) is 16.7 Å². The fourth-order valence-electron chi connectivity index (χ4n) is 3.41. The average Bonchev–Trinajstić information content (AvgIpc) is 2.47. The van der Waals surface area contributed by atoms with Gasteiger partial charge in [0, 0.05) is 39.6 Å². The van der Waals surface area contributed by atoms with E-state index in [4.69, 9.17) is 0 Å². The van der Waals surface area contributed by atoms with Crippen LogP contribution in [0.3, 0.4) is 0 Å². The Kier molecular flexibility index (Phi) is 5.53. The molecule has 4 nitrogen and oxygen atoms in total. The maximum Gasteiger partial charge on any atom is 0.219 e. The minimum atomic E-state index is -0.104. The van der Waals surface area contributed by atoms with Crippen LogP contribution in [-0.4, -0.2) is 47.0 Å². The third kappa shape index (κ3) is 4.75. The van der Waals surface area contributed by atoms with E-state index >= 15 is 0 Å². The zero-order valence-corrected chi connectivity index (χ0v) is 16.9. The molecule has 0 bridgehead atoms. The Balaban J connectivity index is 2.28. The number of amides is 1. The molecule has 0 radical (unpaired) electrons. The molecule has 1 aromatic carbocycles. The number of phenols is 1. The van der Waals surface area contributed by atoms with Gasteiger partial charge in [-0.15, -0.1) is 0 Å². The van der Waals surface area contributed by atoms with Crippen LogP contribution in [0.25, 0.3) is 0 Å².